The van der Waals surface area contributed by atoms with Gasteiger partial charge in [0.2, 0.25) is 0 Å². The summed E-state index contributed by atoms with van der Waals surface area (Å²) in [5.41, 5.74) is -3.18. The number of allylic oxidation sites excluding steroid dienone is 1. The maximum absolute atomic E-state index is 13.7. The minimum absolute atomic E-state index is 0.0298. The van der Waals surface area contributed by atoms with Gasteiger partial charge in [0, 0.05) is 12.6 Å². The summed E-state index contributed by atoms with van der Waals surface area (Å²) < 4.78 is 36.3. The molecule has 12 heteroatoms. The number of esters is 4. The first-order chi connectivity index (χ1) is 22.8. The fourth-order valence-electron chi connectivity index (χ4n) is 4.98. The molecule has 0 bridgehead atoms. The second-order valence-corrected chi connectivity index (χ2v) is 17.0. The third-order valence-electron chi connectivity index (χ3n) is 8.13. The van der Waals surface area contributed by atoms with Crippen molar-refractivity contribution in [2.24, 2.45) is 21.7 Å². The Morgan fingerprint density at radius 3 is 1.74 bits per heavy atom. The van der Waals surface area contributed by atoms with E-state index in [1.165, 1.54) is 13.2 Å². The molecule has 278 valence electrons. The molecule has 0 saturated carbocycles. The van der Waals surface area contributed by atoms with E-state index in [2.05, 4.69) is 0 Å². The molecule has 2 aliphatic heterocycles. The summed E-state index contributed by atoms with van der Waals surface area (Å²) in [4.78, 5) is 68.5. The quantitative estimate of drug-likeness (QED) is 0.242. The van der Waals surface area contributed by atoms with Gasteiger partial charge in [0.25, 0.3) is 0 Å². The second kappa shape index (κ2) is 15.1. The zero-order chi connectivity index (χ0) is 38.0. The Balaban J connectivity index is 2.29. The van der Waals surface area contributed by atoms with Crippen LogP contribution in [0.1, 0.15) is 101 Å². The Hall–Kier alpha value is -3.93. The molecular weight excluding hydrogens is 646 g/mol. The van der Waals surface area contributed by atoms with Crippen LogP contribution in [0.2, 0.25) is 0 Å². The average Bonchev–Trinajstić information content (AvgIpc) is 2.99. The Bertz CT molecular complexity index is 1450. The Labute approximate surface area is 296 Å². The van der Waals surface area contributed by atoms with Crippen molar-refractivity contribution in [2.45, 2.75) is 126 Å². The van der Waals surface area contributed by atoms with Crippen LogP contribution in [0.5, 0.6) is 5.75 Å². The molecule has 3 rings (SSSR count). The summed E-state index contributed by atoms with van der Waals surface area (Å²) in [6.07, 6.45) is -3.64. The Morgan fingerprint density at radius 2 is 1.24 bits per heavy atom. The van der Waals surface area contributed by atoms with Gasteiger partial charge in [0.1, 0.15) is 18.5 Å². The first-order valence-corrected chi connectivity index (χ1v) is 16.9. The molecule has 1 saturated heterocycles. The van der Waals surface area contributed by atoms with Crippen molar-refractivity contribution >= 4 is 29.7 Å². The maximum atomic E-state index is 13.7. The molecule has 1 fully saturated rings. The Kier molecular flexibility index (Phi) is 12.3. The molecule has 0 amide bonds. The highest BCUT2D eigenvalue weighted by molar-refractivity contribution is 5.91. The number of hydrogen-bond donors (Lipinski definition) is 0. The molecule has 6 atom stereocenters. The number of hydrogen-bond acceptors (Lipinski definition) is 12. The lowest BCUT2D eigenvalue weighted by Gasteiger charge is -2.50. The number of methoxy groups -OCH3 is 1. The molecular formula is C38H55NO11. The van der Waals surface area contributed by atoms with Crippen LogP contribution in [-0.2, 0) is 47.7 Å². The van der Waals surface area contributed by atoms with E-state index in [1.54, 1.807) is 112 Å². The van der Waals surface area contributed by atoms with Crippen molar-refractivity contribution in [2.75, 3.05) is 13.7 Å². The average molecular weight is 702 g/mol. The summed E-state index contributed by atoms with van der Waals surface area (Å²) in [6, 6.07) is 6.54. The fraction of sp³-hybridized carbons (Fsp3) is 0.658. The molecule has 2 heterocycles. The molecule has 12 nitrogen and oxygen atoms in total. The van der Waals surface area contributed by atoms with Gasteiger partial charge in [0.05, 0.1) is 34.8 Å². The van der Waals surface area contributed by atoms with E-state index in [9.17, 15) is 24.0 Å². The van der Waals surface area contributed by atoms with Gasteiger partial charge >= 0.3 is 23.9 Å². The van der Waals surface area contributed by atoms with Crippen molar-refractivity contribution in [1.82, 2.24) is 4.90 Å². The predicted molar refractivity (Wildman–Crippen MR) is 183 cm³/mol. The SMILES string of the molecule is COc1cccc([C@H]2CC(=O)C=CN2[C@@H]2O[C@H](COC(=O)C(C)(C)C)[C@H](OC(=O)C(C)(C)C)[C@H](OC(=O)C(C)(C)C)[C@H]2OC(=O)C(C)(C)C)c1. The lowest BCUT2D eigenvalue weighted by Crippen LogP contribution is -2.67. The lowest BCUT2D eigenvalue weighted by atomic mass is 9.90. The van der Waals surface area contributed by atoms with E-state index in [-0.39, 0.29) is 12.2 Å². The third-order valence-corrected chi connectivity index (χ3v) is 8.13. The van der Waals surface area contributed by atoms with Crippen LogP contribution in [-0.4, -0.2) is 78.9 Å². The number of carbonyl (C=O) groups excluding carboxylic acids is 5. The molecule has 0 aliphatic carbocycles. The molecule has 0 radical (unpaired) electrons. The summed E-state index contributed by atoms with van der Waals surface area (Å²) >= 11 is 0. The monoisotopic (exact) mass is 701 g/mol. The molecule has 50 heavy (non-hydrogen) atoms. The first-order valence-electron chi connectivity index (χ1n) is 16.9. The van der Waals surface area contributed by atoms with Crippen LogP contribution in [0.4, 0.5) is 0 Å². The third kappa shape index (κ3) is 10.1. The number of carbonyl (C=O) groups is 5. The van der Waals surface area contributed by atoms with Crippen LogP contribution < -0.4 is 4.74 Å². The minimum Gasteiger partial charge on any atom is -0.497 e. The summed E-state index contributed by atoms with van der Waals surface area (Å²) in [5.74, 6) is -2.08. The van der Waals surface area contributed by atoms with E-state index in [0.29, 0.717) is 11.3 Å². The maximum Gasteiger partial charge on any atom is 0.311 e. The van der Waals surface area contributed by atoms with Crippen molar-refractivity contribution in [3.63, 3.8) is 0 Å². The minimum atomic E-state index is -1.42. The van der Waals surface area contributed by atoms with Crippen LogP contribution >= 0.6 is 0 Å². The number of benzene rings is 1. The highest BCUT2D eigenvalue weighted by Crippen LogP contribution is 2.40. The summed E-state index contributed by atoms with van der Waals surface area (Å²) in [7, 11) is 1.53. The predicted octanol–water partition coefficient (Wildman–Crippen LogP) is 5.71. The molecule has 1 aromatic carbocycles. The van der Waals surface area contributed by atoms with E-state index in [0.717, 1.165) is 0 Å². The van der Waals surface area contributed by atoms with Gasteiger partial charge in [-0.3, -0.25) is 24.0 Å². The topological polar surface area (TPSA) is 144 Å². The molecule has 1 aromatic rings. The zero-order valence-electron chi connectivity index (χ0n) is 31.8. The van der Waals surface area contributed by atoms with Crippen molar-refractivity contribution in [1.29, 1.82) is 0 Å². The van der Waals surface area contributed by atoms with Crippen molar-refractivity contribution < 1.29 is 52.4 Å². The molecule has 0 N–H and O–H groups in total. The second-order valence-electron chi connectivity index (χ2n) is 17.0. The van der Waals surface area contributed by atoms with Crippen LogP contribution in [0, 0.1) is 21.7 Å². The van der Waals surface area contributed by atoms with Gasteiger partial charge in [0.15, 0.2) is 30.3 Å². The van der Waals surface area contributed by atoms with Gasteiger partial charge < -0.3 is 33.3 Å². The zero-order valence-corrected chi connectivity index (χ0v) is 31.8. The largest absolute Gasteiger partial charge is 0.497 e. The van der Waals surface area contributed by atoms with E-state index >= 15 is 0 Å². The van der Waals surface area contributed by atoms with Crippen LogP contribution in [0.3, 0.4) is 0 Å². The van der Waals surface area contributed by atoms with Crippen LogP contribution in [0.25, 0.3) is 0 Å². The first kappa shape index (κ1) is 40.5. The van der Waals surface area contributed by atoms with Crippen LogP contribution in [0.15, 0.2) is 36.5 Å². The smallest absolute Gasteiger partial charge is 0.311 e. The normalized spacial score (nSPS) is 24.7. The van der Waals surface area contributed by atoms with Gasteiger partial charge in [-0.05, 0) is 107 Å². The number of ether oxygens (including phenoxy) is 6. The summed E-state index contributed by atoms with van der Waals surface area (Å²) in [5, 5.41) is 0. The molecule has 2 aliphatic rings. The van der Waals surface area contributed by atoms with Crippen molar-refractivity contribution in [3.8, 4) is 5.75 Å². The fourth-order valence-corrected chi connectivity index (χ4v) is 4.98. The number of nitrogens with zero attached hydrogens (tertiary/aromatic N) is 1. The highest BCUT2D eigenvalue weighted by Gasteiger charge is 2.56. The Morgan fingerprint density at radius 1 is 0.740 bits per heavy atom. The van der Waals surface area contributed by atoms with Gasteiger partial charge in [-0.2, -0.15) is 0 Å². The van der Waals surface area contributed by atoms with Gasteiger partial charge in [-0.1, -0.05) is 12.1 Å². The van der Waals surface area contributed by atoms with Gasteiger partial charge in [-0.25, -0.2) is 0 Å². The van der Waals surface area contributed by atoms with E-state index in [4.69, 9.17) is 28.4 Å². The van der Waals surface area contributed by atoms with Crippen molar-refractivity contribution in [3.05, 3.63) is 42.1 Å². The highest BCUT2D eigenvalue weighted by atomic mass is 16.7. The number of rotatable bonds is 8. The van der Waals surface area contributed by atoms with E-state index < -0.39 is 88.8 Å². The summed E-state index contributed by atoms with van der Waals surface area (Å²) in [6.45, 7) is 19.7. The standard InChI is InChI=1S/C38H55NO11/c1-35(2,3)31(41)46-21-26-27(48-32(42)36(4,5)6)28(49-33(43)37(7,8)9)29(50-34(44)38(10,11)12)30(47-26)39-18-17-23(40)20-25(39)22-15-14-16-24(19-22)45-13/h14-19,25-30H,20-21H2,1-13H3/t25-,26-,27+,28+,29-,30-/m1/s1. The molecule has 0 unspecified atom stereocenters. The molecule has 0 spiro atoms. The number of ketones is 1. The molecule has 0 aromatic heterocycles. The van der Waals surface area contributed by atoms with Gasteiger partial charge in [-0.15, -0.1) is 0 Å². The lowest BCUT2D eigenvalue weighted by molar-refractivity contribution is -0.283. The van der Waals surface area contributed by atoms with E-state index in [1.807, 2.05) is 6.07 Å².